The van der Waals surface area contributed by atoms with Crippen molar-refractivity contribution >= 4 is 28.5 Å². The van der Waals surface area contributed by atoms with Crippen LogP contribution in [0.4, 0.5) is 5.69 Å². The summed E-state index contributed by atoms with van der Waals surface area (Å²) in [7, 11) is 0. The van der Waals surface area contributed by atoms with Crippen molar-refractivity contribution in [3.05, 3.63) is 73.6 Å². The first kappa shape index (κ1) is 19.1. The van der Waals surface area contributed by atoms with Crippen molar-refractivity contribution in [2.24, 2.45) is 0 Å². The number of benzene rings is 1. The van der Waals surface area contributed by atoms with Crippen LogP contribution in [0.3, 0.4) is 0 Å². The Kier molecular flexibility index (Phi) is 6.01. The molecule has 0 saturated heterocycles. The SMILES string of the molecule is C=C(Nc1ccc2ncccc2c1)c1ncc(-c2cn[nH]c2)n1/C=C\C.CC. The van der Waals surface area contributed by atoms with E-state index in [2.05, 4.69) is 32.1 Å². The second kappa shape index (κ2) is 8.81. The van der Waals surface area contributed by atoms with Crippen LogP contribution < -0.4 is 5.32 Å². The van der Waals surface area contributed by atoms with Crippen LogP contribution in [0.1, 0.15) is 26.6 Å². The molecular formula is C22H24N6. The molecule has 0 aliphatic heterocycles. The van der Waals surface area contributed by atoms with Crippen LogP contribution in [-0.2, 0) is 0 Å². The maximum absolute atomic E-state index is 4.54. The number of pyridine rings is 1. The molecule has 1 aromatic carbocycles. The first-order valence-electron chi connectivity index (χ1n) is 9.26. The van der Waals surface area contributed by atoms with Gasteiger partial charge in [-0.05, 0) is 31.2 Å². The van der Waals surface area contributed by atoms with Crippen LogP contribution in [-0.4, -0.2) is 24.7 Å². The highest BCUT2D eigenvalue weighted by molar-refractivity contribution is 5.85. The van der Waals surface area contributed by atoms with Gasteiger partial charge in [-0.3, -0.25) is 14.6 Å². The van der Waals surface area contributed by atoms with E-state index in [1.165, 1.54) is 0 Å². The molecule has 142 valence electrons. The van der Waals surface area contributed by atoms with E-state index < -0.39 is 0 Å². The number of aromatic nitrogens is 5. The molecule has 4 aromatic rings. The summed E-state index contributed by atoms with van der Waals surface area (Å²) >= 11 is 0. The van der Waals surface area contributed by atoms with E-state index in [0.717, 1.165) is 33.7 Å². The number of allylic oxidation sites excluding steroid dienone is 1. The highest BCUT2D eigenvalue weighted by atomic mass is 15.1. The van der Waals surface area contributed by atoms with E-state index in [9.17, 15) is 0 Å². The van der Waals surface area contributed by atoms with Gasteiger partial charge >= 0.3 is 0 Å². The van der Waals surface area contributed by atoms with Crippen molar-refractivity contribution in [3.63, 3.8) is 0 Å². The van der Waals surface area contributed by atoms with Crippen molar-refractivity contribution in [3.8, 4) is 11.3 Å². The Labute approximate surface area is 164 Å². The second-order valence-electron chi connectivity index (χ2n) is 5.82. The molecule has 0 bridgehead atoms. The molecule has 0 spiro atoms. The van der Waals surface area contributed by atoms with Gasteiger partial charge in [0.05, 0.1) is 29.3 Å². The third-order valence-electron chi connectivity index (χ3n) is 4.06. The Bertz CT molecular complexity index is 1090. The Morgan fingerprint density at radius 2 is 2.04 bits per heavy atom. The summed E-state index contributed by atoms with van der Waals surface area (Å²) in [5.41, 5.74) is 4.52. The average Bonchev–Trinajstić information content (AvgIpc) is 3.39. The fourth-order valence-corrected chi connectivity index (χ4v) is 2.87. The van der Waals surface area contributed by atoms with Gasteiger partial charge < -0.3 is 5.32 Å². The molecule has 0 unspecified atom stereocenters. The maximum atomic E-state index is 4.54. The molecule has 6 heteroatoms. The predicted molar refractivity (Wildman–Crippen MR) is 117 cm³/mol. The summed E-state index contributed by atoms with van der Waals surface area (Å²) in [6.45, 7) is 10.1. The smallest absolute Gasteiger partial charge is 0.160 e. The van der Waals surface area contributed by atoms with E-state index in [1.807, 2.05) is 80.3 Å². The number of aromatic amines is 1. The van der Waals surface area contributed by atoms with Gasteiger partial charge in [0.2, 0.25) is 0 Å². The molecule has 6 nitrogen and oxygen atoms in total. The highest BCUT2D eigenvalue weighted by Crippen LogP contribution is 2.25. The quantitative estimate of drug-likeness (QED) is 0.490. The lowest BCUT2D eigenvalue weighted by Gasteiger charge is -2.12. The number of nitrogens with zero attached hydrogens (tertiary/aromatic N) is 4. The second-order valence-corrected chi connectivity index (χ2v) is 5.82. The normalized spacial score (nSPS) is 10.7. The lowest BCUT2D eigenvalue weighted by molar-refractivity contribution is 1.09. The van der Waals surface area contributed by atoms with Gasteiger partial charge in [-0.1, -0.05) is 32.6 Å². The largest absolute Gasteiger partial charge is 0.353 e. The number of anilines is 1. The van der Waals surface area contributed by atoms with Gasteiger partial charge in [0.1, 0.15) is 0 Å². The average molecular weight is 372 g/mol. The highest BCUT2D eigenvalue weighted by Gasteiger charge is 2.13. The van der Waals surface area contributed by atoms with Crippen LogP contribution in [0.15, 0.2) is 67.8 Å². The number of fused-ring (bicyclic) bond motifs is 1. The molecule has 0 aliphatic carbocycles. The third-order valence-corrected chi connectivity index (χ3v) is 4.06. The molecule has 28 heavy (non-hydrogen) atoms. The summed E-state index contributed by atoms with van der Waals surface area (Å²) in [6.07, 6.45) is 11.1. The molecule has 0 fully saturated rings. The molecule has 3 heterocycles. The van der Waals surface area contributed by atoms with Gasteiger partial charge in [0.15, 0.2) is 5.82 Å². The molecule has 0 amide bonds. The standard InChI is InChI=1S/C20H18N6.C2H6/c1-3-9-26-19(16-11-23-24-12-16)13-22-20(26)14(2)25-17-6-7-18-15(10-17)5-4-8-21-18;1-2/h3-13,25H,2H2,1H3,(H,23,24);1-2H3/b9-3-;. The maximum Gasteiger partial charge on any atom is 0.160 e. The fraction of sp³-hybridized carbons (Fsp3) is 0.136. The zero-order chi connectivity index (χ0) is 19.9. The minimum atomic E-state index is 0.709. The van der Waals surface area contributed by atoms with E-state index in [0.29, 0.717) is 5.70 Å². The number of hydrogen-bond acceptors (Lipinski definition) is 4. The van der Waals surface area contributed by atoms with E-state index in [-0.39, 0.29) is 0 Å². The van der Waals surface area contributed by atoms with Crippen molar-refractivity contribution in [1.29, 1.82) is 0 Å². The van der Waals surface area contributed by atoms with Crippen molar-refractivity contribution in [2.75, 3.05) is 5.32 Å². The van der Waals surface area contributed by atoms with Crippen LogP contribution in [0, 0.1) is 0 Å². The minimum absolute atomic E-state index is 0.709. The molecule has 0 atom stereocenters. The Morgan fingerprint density at radius 3 is 2.79 bits per heavy atom. The minimum Gasteiger partial charge on any atom is -0.353 e. The first-order chi connectivity index (χ1) is 13.8. The predicted octanol–water partition coefficient (Wildman–Crippen LogP) is 5.42. The van der Waals surface area contributed by atoms with Crippen LogP contribution in [0.5, 0.6) is 0 Å². The van der Waals surface area contributed by atoms with Crippen molar-refractivity contribution in [1.82, 2.24) is 24.7 Å². The number of nitrogens with one attached hydrogen (secondary N) is 2. The van der Waals surface area contributed by atoms with Gasteiger partial charge in [-0.2, -0.15) is 5.10 Å². The van der Waals surface area contributed by atoms with Gasteiger partial charge in [0, 0.05) is 35.2 Å². The molecular weight excluding hydrogens is 348 g/mol. The Balaban J connectivity index is 0.00000109. The molecule has 2 N–H and O–H groups in total. The van der Waals surface area contributed by atoms with Crippen molar-refractivity contribution < 1.29 is 0 Å². The van der Waals surface area contributed by atoms with Gasteiger partial charge in [-0.25, -0.2) is 4.98 Å². The first-order valence-corrected chi connectivity index (χ1v) is 9.26. The van der Waals surface area contributed by atoms with E-state index >= 15 is 0 Å². The summed E-state index contributed by atoms with van der Waals surface area (Å²) in [5, 5.41) is 11.3. The summed E-state index contributed by atoms with van der Waals surface area (Å²) in [4.78, 5) is 8.89. The zero-order valence-electron chi connectivity index (χ0n) is 16.3. The van der Waals surface area contributed by atoms with Gasteiger partial charge in [-0.15, -0.1) is 0 Å². The molecule has 4 rings (SSSR count). The van der Waals surface area contributed by atoms with Crippen molar-refractivity contribution in [2.45, 2.75) is 20.8 Å². The third kappa shape index (κ3) is 3.86. The zero-order valence-corrected chi connectivity index (χ0v) is 16.3. The topological polar surface area (TPSA) is 71.4 Å². The summed E-state index contributed by atoms with van der Waals surface area (Å²) in [5.74, 6) is 0.741. The monoisotopic (exact) mass is 372 g/mol. The lowest BCUT2D eigenvalue weighted by Crippen LogP contribution is -2.04. The number of hydrogen-bond donors (Lipinski definition) is 2. The Hall–Kier alpha value is -3.67. The number of imidazole rings is 1. The molecule has 0 saturated carbocycles. The Morgan fingerprint density at radius 1 is 1.18 bits per heavy atom. The van der Waals surface area contributed by atoms with Gasteiger partial charge in [0.25, 0.3) is 0 Å². The van der Waals surface area contributed by atoms with E-state index in [1.54, 1.807) is 12.4 Å². The van der Waals surface area contributed by atoms with Crippen LogP contribution in [0.2, 0.25) is 0 Å². The number of H-pyrrole nitrogens is 1. The fourth-order valence-electron chi connectivity index (χ4n) is 2.87. The van der Waals surface area contributed by atoms with E-state index in [4.69, 9.17) is 0 Å². The molecule has 3 aromatic heterocycles. The number of rotatable bonds is 5. The van der Waals surface area contributed by atoms with Crippen LogP contribution in [0.25, 0.3) is 34.1 Å². The molecule has 0 aliphatic rings. The van der Waals surface area contributed by atoms with Crippen LogP contribution >= 0.6 is 0 Å². The summed E-state index contributed by atoms with van der Waals surface area (Å²) in [6, 6.07) is 9.99. The molecule has 0 radical (unpaired) electrons. The lowest BCUT2D eigenvalue weighted by atomic mass is 10.2. The summed E-state index contributed by atoms with van der Waals surface area (Å²) < 4.78 is 1.99.